The molecule has 0 saturated carbocycles. The Morgan fingerprint density at radius 3 is 2.13 bits per heavy atom. The fourth-order valence-electron chi connectivity index (χ4n) is 1.15. The van der Waals surface area contributed by atoms with Crippen LogP contribution in [0.25, 0.3) is 0 Å². The first-order valence-corrected chi connectivity index (χ1v) is 4.82. The van der Waals surface area contributed by atoms with Crippen LogP contribution < -0.4 is 0 Å². The lowest BCUT2D eigenvalue weighted by Gasteiger charge is -2.22. The Morgan fingerprint density at radius 2 is 1.67 bits per heavy atom. The van der Waals surface area contributed by atoms with Crippen LogP contribution >= 0.6 is 0 Å². The summed E-state index contributed by atoms with van der Waals surface area (Å²) in [5, 5.41) is 0. The van der Waals surface area contributed by atoms with Gasteiger partial charge in [-0.15, -0.1) is 0 Å². The highest BCUT2D eigenvalue weighted by Crippen LogP contribution is 2.31. The molecule has 0 saturated heterocycles. The van der Waals surface area contributed by atoms with E-state index in [2.05, 4.69) is 4.98 Å². The predicted molar refractivity (Wildman–Crippen MR) is 52.6 cm³/mol. The van der Waals surface area contributed by atoms with Gasteiger partial charge in [0, 0.05) is 11.1 Å². The van der Waals surface area contributed by atoms with E-state index in [-0.39, 0.29) is 5.41 Å². The van der Waals surface area contributed by atoms with Crippen LogP contribution in [0.3, 0.4) is 0 Å². The highest BCUT2D eigenvalue weighted by atomic mass is 19.4. The molecule has 1 rings (SSSR count). The van der Waals surface area contributed by atoms with E-state index in [1.54, 1.807) is 6.07 Å². The van der Waals surface area contributed by atoms with E-state index < -0.39 is 11.9 Å². The summed E-state index contributed by atoms with van der Waals surface area (Å²) in [6, 6.07) is 4.04. The first-order valence-electron chi connectivity index (χ1n) is 4.82. The monoisotopic (exact) mass is 217 g/mol. The number of alkyl halides is 3. The van der Waals surface area contributed by atoms with Gasteiger partial charge < -0.3 is 0 Å². The molecule has 4 heteroatoms. The standard InChI is InChI=1S/C11H14F3N/c1-4-10(2,3)8-6-5-7-9(15-8)11(12,13)14/h5-7H,4H2,1-3H3. The maximum absolute atomic E-state index is 12.4. The van der Waals surface area contributed by atoms with Crippen molar-refractivity contribution in [2.75, 3.05) is 0 Å². The third-order valence-electron chi connectivity index (χ3n) is 2.62. The van der Waals surface area contributed by atoms with Gasteiger partial charge in [-0.1, -0.05) is 26.8 Å². The second-order valence-corrected chi connectivity index (χ2v) is 4.14. The molecule has 0 aromatic carbocycles. The van der Waals surface area contributed by atoms with Crippen LogP contribution in [0.2, 0.25) is 0 Å². The van der Waals surface area contributed by atoms with Gasteiger partial charge in [0.15, 0.2) is 0 Å². The molecule has 1 heterocycles. The molecule has 0 unspecified atom stereocenters. The molecule has 0 aliphatic rings. The summed E-state index contributed by atoms with van der Waals surface area (Å²) in [5.74, 6) is 0. The minimum atomic E-state index is -4.36. The SMILES string of the molecule is CCC(C)(C)c1cccc(C(F)(F)F)n1. The molecule has 0 bridgehead atoms. The van der Waals surface area contributed by atoms with Crippen molar-refractivity contribution in [1.29, 1.82) is 0 Å². The Labute approximate surface area is 87.3 Å². The second-order valence-electron chi connectivity index (χ2n) is 4.14. The maximum atomic E-state index is 12.4. The van der Waals surface area contributed by atoms with Crippen LogP contribution in [0.15, 0.2) is 18.2 Å². The van der Waals surface area contributed by atoms with E-state index in [0.717, 1.165) is 12.5 Å². The van der Waals surface area contributed by atoms with Crippen LogP contribution in [-0.2, 0) is 11.6 Å². The minimum Gasteiger partial charge on any atom is -0.248 e. The highest BCUT2D eigenvalue weighted by molar-refractivity contribution is 5.19. The van der Waals surface area contributed by atoms with Gasteiger partial charge in [0.05, 0.1) is 0 Å². The number of hydrogen-bond donors (Lipinski definition) is 0. The van der Waals surface area contributed by atoms with E-state index in [4.69, 9.17) is 0 Å². The van der Waals surface area contributed by atoms with Crippen molar-refractivity contribution >= 4 is 0 Å². The Bertz CT molecular complexity index is 342. The van der Waals surface area contributed by atoms with Crippen molar-refractivity contribution in [2.45, 2.75) is 38.8 Å². The van der Waals surface area contributed by atoms with Gasteiger partial charge >= 0.3 is 6.18 Å². The third kappa shape index (κ3) is 2.70. The Hall–Kier alpha value is -1.06. The summed E-state index contributed by atoms with van der Waals surface area (Å²) in [4.78, 5) is 3.66. The highest BCUT2D eigenvalue weighted by Gasteiger charge is 2.33. The van der Waals surface area contributed by atoms with Crippen molar-refractivity contribution in [3.8, 4) is 0 Å². The van der Waals surface area contributed by atoms with Crippen molar-refractivity contribution in [3.05, 3.63) is 29.6 Å². The molecule has 1 aromatic rings. The largest absolute Gasteiger partial charge is 0.433 e. The molecule has 0 aliphatic carbocycles. The molecular weight excluding hydrogens is 203 g/mol. The molecule has 84 valence electrons. The molecule has 0 aliphatic heterocycles. The maximum Gasteiger partial charge on any atom is 0.433 e. The first kappa shape index (κ1) is 12.0. The number of rotatable bonds is 2. The quantitative estimate of drug-likeness (QED) is 0.734. The molecule has 0 spiro atoms. The number of nitrogens with zero attached hydrogens (tertiary/aromatic N) is 1. The molecule has 0 amide bonds. The molecule has 0 radical (unpaired) electrons. The molecular formula is C11H14F3N. The van der Waals surface area contributed by atoms with Crippen LogP contribution in [0.5, 0.6) is 0 Å². The van der Waals surface area contributed by atoms with Gasteiger partial charge in [0.1, 0.15) is 5.69 Å². The van der Waals surface area contributed by atoms with Crippen molar-refractivity contribution < 1.29 is 13.2 Å². The summed E-state index contributed by atoms with van der Waals surface area (Å²) in [6.45, 7) is 5.70. The van der Waals surface area contributed by atoms with E-state index in [9.17, 15) is 13.2 Å². The molecule has 1 nitrogen and oxygen atoms in total. The Kier molecular flexibility index (Phi) is 3.07. The second kappa shape index (κ2) is 3.83. The van der Waals surface area contributed by atoms with E-state index >= 15 is 0 Å². The summed E-state index contributed by atoms with van der Waals surface area (Å²) in [6.07, 6.45) is -3.61. The van der Waals surface area contributed by atoms with Gasteiger partial charge in [-0.3, -0.25) is 0 Å². The average molecular weight is 217 g/mol. The fourth-order valence-corrected chi connectivity index (χ4v) is 1.15. The smallest absolute Gasteiger partial charge is 0.248 e. The number of aromatic nitrogens is 1. The summed E-state index contributed by atoms with van der Waals surface area (Å²) >= 11 is 0. The summed E-state index contributed by atoms with van der Waals surface area (Å²) in [5.41, 5.74) is -0.650. The van der Waals surface area contributed by atoms with Crippen LogP contribution in [-0.4, -0.2) is 4.98 Å². The van der Waals surface area contributed by atoms with E-state index in [1.165, 1.54) is 6.07 Å². The molecule has 15 heavy (non-hydrogen) atoms. The fraction of sp³-hybridized carbons (Fsp3) is 0.545. The van der Waals surface area contributed by atoms with Crippen LogP contribution in [0, 0.1) is 0 Å². The molecule has 1 aromatic heterocycles. The first-order chi connectivity index (χ1) is 6.77. The molecule has 0 fully saturated rings. The third-order valence-corrected chi connectivity index (χ3v) is 2.62. The lowest BCUT2D eigenvalue weighted by molar-refractivity contribution is -0.141. The summed E-state index contributed by atoms with van der Waals surface area (Å²) < 4.78 is 37.2. The topological polar surface area (TPSA) is 12.9 Å². The van der Waals surface area contributed by atoms with Gasteiger partial charge in [-0.25, -0.2) is 4.98 Å². The lowest BCUT2D eigenvalue weighted by atomic mass is 9.86. The van der Waals surface area contributed by atoms with Gasteiger partial charge in [0.25, 0.3) is 0 Å². The number of pyridine rings is 1. The zero-order valence-electron chi connectivity index (χ0n) is 9.02. The Morgan fingerprint density at radius 1 is 1.13 bits per heavy atom. The van der Waals surface area contributed by atoms with Gasteiger partial charge in [0.2, 0.25) is 0 Å². The van der Waals surface area contributed by atoms with Crippen molar-refractivity contribution in [1.82, 2.24) is 4.98 Å². The van der Waals surface area contributed by atoms with Crippen LogP contribution in [0.1, 0.15) is 38.6 Å². The zero-order valence-corrected chi connectivity index (χ0v) is 9.02. The number of hydrogen-bond acceptors (Lipinski definition) is 1. The number of halogens is 3. The van der Waals surface area contributed by atoms with Gasteiger partial charge in [-0.2, -0.15) is 13.2 Å². The van der Waals surface area contributed by atoms with Crippen molar-refractivity contribution in [3.63, 3.8) is 0 Å². The summed E-state index contributed by atoms with van der Waals surface area (Å²) in [7, 11) is 0. The van der Waals surface area contributed by atoms with Gasteiger partial charge in [-0.05, 0) is 18.6 Å². The average Bonchev–Trinajstić information content (AvgIpc) is 2.17. The van der Waals surface area contributed by atoms with Crippen LogP contribution in [0.4, 0.5) is 13.2 Å². The molecule has 0 N–H and O–H groups in total. The van der Waals surface area contributed by atoms with E-state index in [0.29, 0.717) is 5.69 Å². The normalized spacial score (nSPS) is 12.9. The molecule has 0 atom stereocenters. The zero-order chi connectivity index (χ0) is 11.7. The predicted octanol–water partition coefficient (Wildman–Crippen LogP) is 3.79. The van der Waals surface area contributed by atoms with E-state index in [1.807, 2.05) is 20.8 Å². The minimum absolute atomic E-state index is 0.318. The lowest BCUT2D eigenvalue weighted by Crippen LogP contribution is -2.20. The Balaban J connectivity index is 3.14. The van der Waals surface area contributed by atoms with Crippen molar-refractivity contribution in [2.24, 2.45) is 0 Å².